The molecule has 1 aromatic carbocycles. The van der Waals surface area contributed by atoms with Gasteiger partial charge in [0.1, 0.15) is 0 Å². The van der Waals surface area contributed by atoms with Crippen molar-refractivity contribution in [2.45, 2.75) is 26.5 Å². The third-order valence-electron chi connectivity index (χ3n) is 2.54. The van der Waals surface area contributed by atoms with E-state index in [-0.39, 0.29) is 11.5 Å². The molecule has 0 heterocycles. The van der Waals surface area contributed by atoms with E-state index < -0.39 is 9.84 Å². The quantitative estimate of drug-likeness (QED) is 0.756. The Kier molecular flexibility index (Phi) is 4.30. The molecule has 0 aromatic heterocycles. The number of allylic oxidation sites excluding steroid dienone is 1. The zero-order valence-electron chi connectivity index (χ0n) is 10.0. The Labute approximate surface area is 97.9 Å². The number of hydrogen-bond acceptors (Lipinski definition) is 2. The Bertz CT molecular complexity index is 485. The van der Waals surface area contributed by atoms with Crippen LogP contribution < -0.4 is 0 Å². The Morgan fingerprint density at radius 1 is 1.19 bits per heavy atom. The molecule has 88 valence electrons. The van der Waals surface area contributed by atoms with Gasteiger partial charge in [-0.1, -0.05) is 30.4 Å². The van der Waals surface area contributed by atoms with Crippen LogP contribution in [0.2, 0.25) is 0 Å². The predicted molar refractivity (Wildman–Crippen MR) is 68.2 cm³/mol. The summed E-state index contributed by atoms with van der Waals surface area (Å²) in [4.78, 5) is 0. The lowest BCUT2D eigenvalue weighted by molar-refractivity contribution is 0.598. The highest BCUT2D eigenvalue weighted by atomic mass is 32.2. The van der Waals surface area contributed by atoms with E-state index in [2.05, 4.69) is 0 Å². The fraction of sp³-hybridized carbons (Fsp3) is 0.385. The van der Waals surface area contributed by atoms with E-state index in [0.717, 1.165) is 11.1 Å². The molecular weight excluding hydrogens is 220 g/mol. The molecular formula is C13H18O2S. The molecule has 0 aliphatic carbocycles. The summed E-state index contributed by atoms with van der Waals surface area (Å²) < 4.78 is 23.4. The van der Waals surface area contributed by atoms with E-state index in [0.29, 0.717) is 0 Å². The summed E-state index contributed by atoms with van der Waals surface area (Å²) in [5, 5.41) is 0. The van der Waals surface area contributed by atoms with Crippen molar-refractivity contribution in [3.8, 4) is 0 Å². The van der Waals surface area contributed by atoms with Gasteiger partial charge in [0, 0.05) is 0 Å². The van der Waals surface area contributed by atoms with Gasteiger partial charge in [0.05, 0.1) is 11.5 Å². The number of benzene rings is 1. The molecule has 0 radical (unpaired) electrons. The average Bonchev–Trinajstić information content (AvgIpc) is 2.20. The van der Waals surface area contributed by atoms with Gasteiger partial charge in [0.2, 0.25) is 0 Å². The second-order valence-electron chi connectivity index (χ2n) is 4.04. The van der Waals surface area contributed by atoms with Crippen LogP contribution in [0.3, 0.4) is 0 Å². The molecule has 0 bridgehead atoms. The maximum atomic E-state index is 11.7. The second kappa shape index (κ2) is 5.30. The first kappa shape index (κ1) is 13.0. The third kappa shape index (κ3) is 3.81. The van der Waals surface area contributed by atoms with Crippen molar-refractivity contribution in [2.24, 2.45) is 0 Å². The van der Waals surface area contributed by atoms with Gasteiger partial charge >= 0.3 is 0 Å². The molecule has 2 nitrogen and oxygen atoms in total. The van der Waals surface area contributed by atoms with E-state index in [1.54, 1.807) is 12.2 Å². The highest BCUT2D eigenvalue weighted by molar-refractivity contribution is 7.90. The summed E-state index contributed by atoms with van der Waals surface area (Å²) >= 11 is 0. The molecule has 0 fully saturated rings. The van der Waals surface area contributed by atoms with Gasteiger partial charge in [-0.25, -0.2) is 8.42 Å². The first-order chi connectivity index (χ1) is 7.44. The summed E-state index contributed by atoms with van der Waals surface area (Å²) in [5.74, 6) is 0.245. The first-order valence-corrected chi connectivity index (χ1v) is 7.14. The van der Waals surface area contributed by atoms with E-state index in [4.69, 9.17) is 0 Å². The zero-order chi connectivity index (χ0) is 12.2. The largest absolute Gasteiger partial charge is 0.228 e. The minimum Gasteiger partial charge on any atom is -0.228 e. The van der Waals surface area contributed by atoms with Crippen LogP contribution in [-0.2, 0) is 15.6 Å². The van der Waals surface area contributed by atoms with Crippen LogP contribution >= 0.6 is 0 Å². The van der Waals surface area contributed by atoms with E-state index in [1.165, 1.54) is 5.56 Å². The fourth-order valence-corrected chi connectivity index (χ4v) is 2.74. The SMILES string of the molecule is C/C=C/CS(=O)(=O)Cc1ccc(C)c(C)c1. The average molecular weight is 238 g/mol. The van der Waals surface area contributed by atoms with E-state index in [1.807, 2.05) is 39.0 Å². The lowest BCUT2D eigenvalue weighted by Crippen LogP contribution is -2.07. The van der Waals surface area contributed by atoms with E-state index >= 15 is 0 Å². The van der Waals surface area contributed by atoms with Crippen LogP contribution in [0, 0.1) is 13.8 Å². The van der Waals surface area contributed by atoms with Crippen LogP contribution in [0.5, 0.6) is 0 Å². The van der Waals surface area contributed by atoms with Gasteiger partial charge in [0.25, 0.3) is 0 Å². The Balaban J connectivity index is 2.84. The maximum absolute atomic E-state index is 11.7. The molecule has 0 saturated heterocycles. The summed E-state index contributed by atoms with van der Waals surface area (Å²) in [7, 11) is -3.01. The predicted octanol–water partition coefficient (Wildman–Crippen LogP) is 2.79. The Hall–Kier alpha value is -1.09. The molecule has 0 spiro atoms. The van der Waals surface area contributed by atoms with Crippen molar-refractivity contribution in [1.29, 1.82) is 0 Å². The van der Waals surface area contributed by atoms with Gasteiger partial charge in [0.15, 0.2) is 9.84 Å². The smallest absolute Gasteiger partial charge is 0.157 e. The summed E-state index contributed by atoms with van der Waals surface area (Å²) in [6, 6.07) is 5.80. The molecule has 3 heteroatoms. The lowest BCUT2D eigenvalue weighted by Gasteiger charge is -2.05. The van der Waals surface area contributed by atoms with Crippen molar-refractivity contribution >= 4 is 9.84 Å². The molecule has 0 aliphatic rings. The van der Waals surface area contributed by atoms with Crippen molar-refractivity contribution in [2.75, 3.05) is 5.75 Å². The van der Waals surface area contributed by atoms with Crippen molar-refractivity contribution < 1.29 is 8.42 Å². The minimum absolute atomic E-state index is 0.121. The van der Waals surface area contributed by atoms with Gasteiger partial charge in [-0.3, -0.25) is 0 Å². The standard InChI is InChI=1S/C13H18O2S/c1-4-5-8-16(14,15)10-13-7-6-11(2)12(3)9-13/h4-7,9H,8,10H2,1-3H3/b5-4+. The molecule has 0 aliphatic heterocycles. The van der Waals surface area contributed by atoms with Crippen LogP contribution in [0.4, 0.5) is 0 Å². The lowest BCUT2D eigenvalue weighted by atomic mass is 10.1. The molecule has 1 rings (SSSR count). The molecule has 16 heavy (non-hydrogen) atoms. The fourth-order valence-electron chi connectivity index (χ4n) is 1.45. The molecule has 0 unspecified atom stereocenters. The first-order valence-electron chi connectivity index (χ1n) is 5.32. The molecule has 0 saturated carbocycles. The summed E-state index contributed by atoms with van der Waals surface area (Å²) in [6.07, 6.45) is 3.44. The van der Waals surface area contributed by atoms with Crippen LogP contribution in [0.25, 0.3) is 0 Å². The number of aryl methyl sites for hydroxylation is 2. The Morgan fingerprint density at radius 2 is 1.88 bits per heavy atom. The highest BCUT2D eigenvalue weighted by Gasteiger charge is 2.10. The van der Waals surface area contributed by atoms with E-state index in [9.17, 15) is 8.42 Å². The Morgan fingerprint density at radius 3 is 2.44 bits per heavy atom. The minimum atomic E-state index is -3.01. The van der Waals surface area contributed by atoms with Crippen molar-refractivity contribution in [3.05, 3.63) is 47.0 Å². The van der Waals surface area contributed by atoms with Crippen molar-refractivity contribution in [3.63, 3.8) is 0 Å². The van der Waals surface area contributed by atoms with Gasteiger partial charge in [-0.05, 0) is 37.5 Å². The highest BCUT2D eigenvalue weighted by Crippen LogP contribution is 2.13. The maximum Gasteiger partial charge on any atom is 0.157 e. The van der Waals surface area contributed by atoms with Crippen LogP contribution in [-0.4, -0.2) is 14.2 Å². The topological polar surface area (TPSA) is 34.1 Å². The second-order valence-corrected chi connectivity index (χ2v) is 6.15. The molecule has 0 amide bonds. The van der Waals surface area contributed by atoms with Crippen LogP contribution in [0.1, 0.15) is 23.6 Å². The molecule has 0 atom stereocenters. The number of sulfone groups is 1. The number of rotatable bonds is 4. The zero-order valence-corrected chi connectivity index (χ0v) is 10.8. The van der Waals surface area contributed by atoms with Crippen molar-refractivity contribution in [1.82, 2.24) is 0 Å². The molecule has 0 N–H and O–H groups in total. The van der Waals surface area contributed by atoms with Gasteiger partial charge in [-0.15, -0.1) is 0 Å². The van der Waals surface area contributed by atoms with Gasteiger partial charge in [-0.2, -0.15) is 0 Å². The summed E-state index contributed by atoms with van der Waals surface area (Å²) in [6.45, 7) is 5.84. The third-order valence-corrected chi connectivity index (χ3v) is 4.02. The normalized spacial score (nSPS) is 12.2. The summed E-state index contributed by atoms with van der Waals surface area (Å²) in [5.41, 5.74) is 3.20. The monoisotopic (exact) mass is 238 g/mol. The van der Waals surface area contributed by atoms with Crippen LogP contribution in [0.15, 0.2) is 30.4 Å². The van der Waals surface area contributed by atoms with Gasteiger partial charge < -0.3 is 0 Å². The number of hydrogen-bond donors (Lipinski definition) is 0. The molecule has 1 aromatic rings.